The predicted molar refractivity (Wildman–Crippen MR) is 66.2 cm³/mol. The first-order valence-electron chi connectivity index (χ1n) is 4.15. The van der Waals surface area contributed by atoms with Gasteiger partial charge in [0.2, 0.25) is 0 Å². The molecule has 0 saturated heterocycles. The van der Waals surface area contributed by atoms with Crippen LogP contribution in [0.2, 0.25) is 0 Å². The van der Waals surface area contributed by atoms with Crippen LogP contribution in [0.3, 0.4) is 0 Å². The smallest absolute Gasteiger partial charge is 0.183 e. The van der Waals surface area contributed by atoms with Crippen molar-refractivity contribution in [1.29, 1.82) is 0 Å². The fourth-order valence-corrected chi connectivity index (χ4v) is 3.18. The maximum Gasteiger partial charge on any atom is 0.183 e. The van der Waals surface area contributed by atoms with Crippen molar-refractivity contribution in [2.75, 3.05) is 5.32 Å². The molecule has 0 fully saturated rings. The van der Waals surface area contributed by atoms with Gasteiger partial charge in [-0.1, -0.05) is 0 Å². The minimum absolute atomic E-state index is 0.317. The number of hydrogen-bond acceptors (Lipinski definition) is 4. The number of nitrogens with zero attached hydrogens (tertiary/aromatic N) is 1. The second-order valence-electron chi connectivity index (χ2n) is 2.87. The molecule has 0 aliphatic carbocycles. The molecule has 1 N–H and O–H groups in total. The van der Waals surface area contributed by atoms with Crippen LogP contribution in [0.5, 0.6) is 0 Å². The van der Waals surface area contributed by atoms with E-state index < -0.39 is 0 Å². The van der Waals surface area contributed by atoms with Gasteiger partial charge in [0.25, 0.3) is 0 Å². The highest BCUT2D eigenvalue weighted by Gasteiger charge is 2.08. The van der Waals surface area contributed by atoms with E-state index in [0.29, 0.717) is 6.04 Å². The van der Waals surface area contributed by atoms with Gasteiger partial charge in [-0.3, -0.25) is 0 Å². The van der Waals surface area contributed by atoms with Crippen molar-refractivity contribution in [3.63, 3.8) is 0 Å². The molecule has 14 heavy (non-hydrogen) atoms. The van der Waals surface area contributed by atoms with Crippen molar-refractivity contribution >= 4 is 43.7 Å². The average molecular weight is 289 g/mol. The largest absolute Gasteiger partial charge is 0.354 e. The van der Waals surface area contributed by atoms with Crippen LogP contribution in [0.25, 0.3) is 0 Å². The van der Waals surface area contributed by atoms with Crippen LogP contribution in [0, 0.1) is 0 Å². The highest BCUT2D eigenvalue weighted by atomic mass is 79.9. The highest BCUT2D eigenvalue weighted by molar-refractivity contribution is 9.10. The summed E-state index contributed by atoms with van der Waals surface area (Å²) in [4.78, 5) is 5.50. The summed E-state index contributed by atoms with van der Waals surface area (Å²) in [5.41, 5.74) is 0. The van der Waals surface area contributed by atoms with Gasteiger partial charge >= 0.3 is 0 Å². The number of anilines is 1. The molecule has 2 rings (SSSR count). The molecule has 0 aliphatic rings. The van der Waals surface area contributed by atoms with Gasteiger partial charge in [-0.05, 0) is 28.9 Å². The van der Waals surface area contributed by atoms with Crippen molar-refractivity contribution in [2.45, 2.75) is 13.0 Å². The molecule has 0 bridgehead atoms. The molecule has 0 saturated carbocycles. The molecule has 1 atom stereocenters. The zero-order valence-electron chi connectivity index (χ0n) is 7.53. The molecule has 2 heterocycles. The topological polar surface area (TPSA) is 24.9 Å². The van der Waals surface area contributed by atoms with Gasteiger partial charge in [0, 0.05) is 26.3 Å². The molecule has 0 radical (unpaired) electrons. The summed E-state index contributed by atoms with van der Waals surface area (Å²) >= 11 is 6.82. The summed E-state index contributed by atoms with van der Waals surface area (Å²) in [7, 11) is 0. The lowest BCUT2D eigenvalue weighted by Gasteiger charge is -2.09. The molecule has 5 heteroatoms. The second-order valence-corrected chi connectivity index (χ2v) is 5.62. The number of aromatic nitrogens is 1. The van der Waals surface area contributed by atoms with Gasteiger partial charge < -0.3 is 5.32 Å². The zero-order chi connectivity index (χ0) is 9.97. The molecule has 2 aromatic rings. The Morgan fingerprint density at radius 2 is 2.36 bits per heavy atom. The van der Waals surface area contributed by atoms with Crippen molar-refractivity contribution in [3.8, 4) is 0 Å². The van der Waals surface area contributed by atoms with Crippen LogP contribution < -0.4 is 5.32 Å². The fraction of sp³-hybridized carbons (Fsp3) is 0.222. The lowest BCUT2D eigenvalue weighted by atomic mass is 10.3. The quantitative estimate of drug-likeness (QED) is 0.918. The first-order valence-corrected chi connectivity index (χ1v) is 6.71. The number of rotatable bonds is 3. The Morgan fingerprint density at radius 3 is 2.93 bits per heavy atom. The molecule has 0 amide bonds. The highest BCUT2D eigenvalue weighted by Crippen LogP contribution is 2.28. The van der Waals surface area contributed by atoms with Gasteiger partial charge in [0.05, 0.1) is 6.04 Å². The van der Waals surface area contributed by atoms with Crippen molar-refractivity contribution < 1.29 is 0 Å². The third kappa shape index (κ3) is 2.34. The first kappa shape index (κ1) is 10.1. The summed E-state index contributed by atoms with van der Waals surface area (Å²) in [5.74, 6) is 0. The molecule has 0 spiro atoms. The number of nitrogens with one attached hydrogen (secondary N) is 1. The molecular weight excluding hydrogens is 280 g/mol. The Kier molecular flexibility index (Phi) is 3.20. The van der Waals surface area contributed by atoms with Crippen LogP contribution in [-0.2, 0) is 0 Å². The molecule has 2 aromatic heterocycles. The summed E-state index contributed by atoms with van der Waals surface area (Å²) in [6, 6.07) is 2.45. The zero-order valence-corrected chi connectivity index (χ0v) is 10.7. The lowest BCUT2D eigenvalue weighted by Crippen LogP contribution is -2.03. The van der Waals surface area contributed by atoms with E-state index in [1.165, 1.54) is 4.88 Å². The molecule has 1 unspecified atom stereocenters. The monoisotopic (exact) mass is 288 g/mol. The van der Waals surface area contributed by atoms with Crippen molar-refractivity contribution in [2.24, 2.45) is 0 Å². The number of thiazole rings is 1. The molecule has 0 aromatic carbocycles. The van der Waals surface area contributed by atoms with Crippen LogP contribution in [0.4, 0.5) is 5.13 Å². The van der Waals surface area contributed by atoms with Gasteiger partial charge in [0.15, 0.2) is 5.13 Å². The van der Waals surface area contributed by atoms with Crippen molar-refractivity contribution in [3.05, 3.63) is 32.4 Å². The summed E-state index contributed by atoms with van der Waals surface area (Å²) in [5, 5.41) is 8.39. The summed E-state index contributed by atoms with van der Waals surface area (Å²) in [6.45, 7) is 2.14. The Bertz CT molecular complexity index is 397. The third-order valence-corrected chi connectivity index (χ3v) is 4.37. The third-order valence-electron chi connectivity index (χ3n) is 1.79. The second kappa shape index (κ2) is 4.42. The van der Waals surface area contributed by atoms with Gasteiger partial charge in [0.1, 0.15) is 0 Å². The number of thiophene rings is 1. The Morgan fingerprint density at radius 1 is 1.50 bits per heavy atom. The van der Waals surface area contributed by atoms with E-state index in [9.17, 15) is 0 Å². The minimum Gasteiger partial charge on any atom is -0.354 e. The average Bonchev–Trinajstić information content (AvgIpc) is 2.75. The van der Waals surface area contributed by atoms with E-state index in [1.54, 1.807) is 22.7 Å². The van der Waals surface area contributed by atoms with Crippen LogP contribution in [0.15, 0.2) is 27.5 Å². The van der Waals surface area contributed by atoms with E-state index in [2.05, 4.69) is 44.6 Å². The van der Waals surface area contributed by atoms with Crippen LogP contribution in [-0.4, -0.2) is 4.98 Å². The number of halogens is 1. The first-order chi connectivity index (χ1) is 6.75. The maximum absolute atomic E-state index is 4.19. The summed E-state index contributed by atoms with van der Waals surface area (Å²) in [6.07, 6.45) is 1.81. The molecule has 0 aliphatic heterocycles. The van der Waals surface area contributed by atoms with E-state index in [1.807, 2.05) is 11.6 Å². The molecule has 74 valence electrons. The maximum atomic E-state index is 4.19. The molecular formula is C9H9BrN2S2. The van der Waals surface area contributed by atoms with Gasteiger partial charge in [-0.2, -0.15) is 0 Å². The predicted octanol–water partition coefficient (Wildman–Crippen LogP) is 4.14. The van der Waals surface area contributed by atoms with Crippen molar-refractivity contribution in [1.82, 2.24) is 4.98 Å². The number of hydrogen-bond donors (Lipinski definition) is 1. The van der Waals surface area contributed by atoms with Crippen LogP contribution in [0.1, 0.15) is 17.8 Å². The SMILES string of the molecule is CC(Nc1nccs1)c1cc(Br)cs1. The van der Waals surface area contributed by atoms with E-state index in [-0.39, 0.29) is 0 Å². The van der Waals surface area contributed by atoms with Gasteiger partial charge in [-0.15, -0.1) is 22.7 Å². The fourth-order valence-electron chi connectivity index (χ4n) is 1.11. The summed E-state index contributed by atoms with van der Waals surface area (Å²) < 4.78 is 1.14. The lowest BCUT2D eigenvalue weighted by molar-refractivity contribution is 0.904. The minimum atomic E-state index is 0.317. The van der Waals surface area contributed by atoms with E-state index in [4.69, 9.17) is 0 Å². The normalized spacial score (nSPS) is 12.7. The molecule has 2 nitrogen and oxygen atoms in total. The van der Waals surface area contributed by atoms with Gasteiger partial charge in [-0.25, -0.2) is 4.98 Å². The van der Waals surface area contributed by atoms with Crippen LogP contribution >= 0.6 is 38.6 Å². The Balaban J connectivity index is 2.06. The van der Waals surface area contributed by atoms with E-state index >= 15 is 0 Å². The standard InChI is InChI=1S/C9H9BrN2S2/c1-6(8-4-7(10)5-14-8)12-9-11-2-3-13-9/h2-6H,1H3,(H,11,12). The van der Waals surface area contributed by atoms with E-state index in [0.717, 1.165) is 9.60 Å². The Hall–Kier alpha value is -0.390. The Labute approximate surface area is 99.1 Å².